The van der Waals surface area contributed by atoms with E-state index in [9.17, 15) is 9.59 Å². The molecule has 1 heterocycles. The van der Waals surface area contributed by atoms with E-state index in [0.29, 0.717) is 5.75 Å². The number of aryl methyl sites for hydroxylation is 1. The minimum absolute atomic E-state index is 0.232. The maximum absolute atomic E-state index is 12.4. The number of anilines is 1. The minimum Gasteiger partial charge on any atom is -0.482 e. The molecule has 1 aliphatic heterocycles. The fourth-order valence-corrected chi connectivity index (χ4v) is 3.49. The van der Waals surface area contributed by atoms with Crippen LogP contribution < -0.4 is 9.64 Å². The van der Waals surface area contributed by atoms with E-state index < -0.39 is 5.97 Å². The average molecular weight is 379 g/mol. The molecule has 0 spiro atoms. The molecule has 0 aromatic heterocycles. The molecule has 5 nitrogen and oxygen atoms in total. The van der Waals surface area contributed by atoms with E-state index in [2.05, 4.69) is 19.9 Å². The zero-order chi connectivity index (χ0) is 20.3. The fraction of sp³-hybridized carbons (Fsp3) is 0.304. The molecule has 0 saturated carbocycles. The summed E-state index contributed by atoms with van der Waals surface area (Å²) in [5, 5.41) is 0. The molecule has 3 rings (SSSR count). The van der Waals surface area contributed by atoms with Crippen molar-refractivity contribution in [2.75, 3.05) is 25.2 Å². The van der Waals surface area contributed by atoms with Gasteiger partial charge in [0.15, 0.2) is 19.0 Å². The normalized spacial score (nSPS) is 16.0. The Morgan fingerprint density at radius 1 is 1.07 bits per heavy atom. The van der Waals surface area contributed by atoms with E-state index >= 15 is 0 Å². The number of hydrogen-bond donors (Lipinski definition) is 0. The second kappa shape index (κ2) is 7.89. The molecule has 0 atom stereocenters. The predicted octanol–water partition coefficient (Wildman–Crippen LogP) is 3.80. The highest BCUT2D eigenvalue weighted by atomic mass is 16.6. The van der Waals surface area contributed by atoms with Crippen LogP contribution in [0.1, 0.15) is 25.0 Å². The molecule has 0 aliphatic carbocycles. The quantitative estimate of drug-likeness (QED) is 0.564. The van der Waals surface area contributed by atoms with Gasteiger partial charge in [0, 0.05) is 29.9 Å². The van der Waals surface area contributed by atoms with Crippen molar-refractivity contribution in [2.24, 2.45) is 0 Å². The number of ketones is 1. The lowest BCUT2D eigenvalue weighted by Crippen LogP contribution is -2.25. The molecule has 5 heteroatoms. The lowest BCUT2D eigenvalue weighted by atomic mass is 9.83. The van der Waals surface area contributed by atoms with Crippen molar-refractivity contribution in [1.82, 2.24) is 0 Å². The Labute approximate surface area is 165 Å². The van der Waals surface area contributed by atoms with Gasteiger partial charge in [-0.2, -0.15) is 0 Å². The molecule has 0 amide bonds. The Balaban J connectivity index is 1.57. The third-order valence-corrected chi connectivity index (χ3v) is 4.96. The van der Waals surface area contributed by atoms with Crippen LogP contribution in [0.15, 0.2) is 60.3 Å². The Kier molecular flexibility index (Phi) is 5.54. The first-order valence-corrected chi connectivity index (χ1v) is 9.22. The number of carbonyl (C=O) groups is 2. The molecule has 0 fully saturated rings. The van der Waals surface area contributed by atoms with Crippen LogP contribution in [0.3, 0.4) is 0 Å². The van der Waals surface area contributed by atoms with Gasteiger partial charge in [0.05, 0.1) is 0 Å². The number of hydrogen-bond acceptors (Lipinski definition) is 5. The van der Waals surface area contributed by atoms with Crippen molar-refractivity contribution >= 4 is 17.4 Å². The Morgan fingerprint density at radius 3 is 2.54 bits per heavy atom. The first kappa shape index (κ1) is 19.7. The second-order valence-corrected chi connectivity index (χ2v) is 7.46. The van der Waals surface area contributed by atoms with E-state index in [0.717, 1.165) is 16.9 Å². The SMILES string of the molecule is Cc1cccc(OCC(=O)OCC(=O)C=C2N(C)c3ccccc3C2(C)C)c1. The van der Waals surface area contributed by atoms with Gasteiger partial charge in [-0.15, -0.1) is 0 Å². The zero-order valence-electron chi connectivity index (χ0n) is 16.7. The molecule has 0 unspecified atom stereocenters. The summed E-state index contributed by atoms with van der Waals surface area (Å²) < 4.78 is 10.5. The van der Waals surface area contributed by atoms with Gasteiger partial charge < -0.3 is 14.4 Å². The first-order chi connectivity index (χ1) is 13.3. The van der Waals surface area contributed by atoms with Crippen molar-refractivity contribution in [3.05, 3.63) is 71.4 Å². The standard InChI is InChI=1S/C23H25NO4/c1-16-8-7-9-18(12-16)27-15-22(26)28-14-17(25)13-21-23(2,3)19-10-5-6-11-20(19)24(21)4/h5-13H,14-15H2,1-4H3. The highest BCUT2D eigenvalue weighted by Crippen LogP contribution is 2.46. The molecular weight excluding hydrogens is 354 g/mol. The number of carbonyl (C=O) groups excluding carboxylic acids is 2. The van der Waals surface area contributed by atoms with Gasteiger partial charge in [0.2, 0.25) is 0 Å². The van der Waals surface area contributed by atoms with E-state index in [1.807, 2.05) is 55.3 Å². The number of allylic oxidation sites excluding steroid dienone is 1. The number of rotatable bonds is 6. The molecule has 28 heavy (non-hydrogen) atoms. The van der Waals surface area contributed by atoms with E-state index in [1.54, 1.807) is 12.1 Å². The number of likely N-dealkylation sites (N-methyl/N-ethyl adjacent to an activating group) is 1. The molecule has 0 N–H and O–H groups in total. The third kappa shape index (κ3) is 4.09. The summed E-state index contributed by atoms with van der Waals surface area (Å²) in [6.07, 6.45) is 1.56. The maximum atomic E-state index is 12.4. The number of esters is 1. The van der Waals surface area contributed by atoms with Crippen molar-refractivity contribution < 1.29 is 19.1 Å². The fourth-order valence-electron chi connectivity index (χ4n) is 3.49. The topological polar surface area (TPSA) is 55.8 Å². The summed E-state index contributed by atoms with van der Waals surface area (Å²) in [5.41, 5.74) is 3.87. The smallest absolute Gasteiger partial charge is 0.344 e. The van der Waals surface area contributed by atoms with Gasteiger partial charge in [-0.25, -0.2) is 4.79 Å². The predicted molar refractivity (Wildman–Crippen MR) is 109 cm³/mol. The van der Waals surface area contributed by atoms with Crippen LogP contribution >= 0.6 is 0 Å². The van der Waals surface area contributed by atoms with Crippen LogP contribution in [0.2, 0.25) is 0 Å². The monoisotopic (exact) mass is 379 g/mol. The molecular formula is C23H25NO4. The van der Waals surface area contributed by atoms with Gasteiger partial charge >= 0.3 is 5.97 Å². The van der Waals surface area contributed by atoms with Gasteiger partial charge in [-0.05, 0) is 36.2 Å². The molecule has 1 aliphatic rings. The third-order valence-electron chi connectivity index (χ3n) is 4.96. The lowest BCUT2D eigenvalue weighted by Gasteiger charge is -2.23. The Morgan fingerprint density at radius 2 is 1.82 bits per heavy atom. The number of nitrogens with zero attached hydrogens (tertiary/aromatic N) is 1. The number of fused-ring (bicyclic) bond motifs is 1. The van der Waals surface area contributed by atoms with Gasteiger partial charge in [0.25, 0.3) is 0 Å². The molecule has 146 valence electrons. The van der Waals surface area contributed by atoms with Crippen molar-refractivity contribution in [1.29, 1.82) is 0 Å². The second-order valence-electron chi connectivity index (χ2n) is 7.46. The minimum atomic E-state index is -0.574. The number of ether oxygens (including phenoxy) is 2. The first-order valence-electron chi connectivity index (χ1n) is 9.22. The Hall–Kier alpha value is -3.08. The highest BCUT2D eigenvalue weighted by molar-refractivity contribution is 5.94. The van der Waals surface area contributed by atoms with Crippen LogP contribution in [0, 0.1) is 6.92 Å². The summed E-state index contributed by atoms with van der Waals surface area (Å²) in [6.45, 7) is 5.56. The van der Waals surface area contributed by atoms with Gasteiger partial charge in [-0.3, -0.25) is 4.79 Å². The largest absolute Gasteiger partial charge is 0.482 e. The summed E-state index contributed by atoms with van der Waals surface area (Å²) in [6, 6.07) is 15.5. The van der Waals surface area contributed by atoms with Crippen LogP contribution in [-0.2, 0) is 19.7 Å². The lowest BCUT2D eigenvalue weighted by molar-refractivity contribution is -0.148. The van der Waals surface area contributed by atoms with Crippen molar-refractivity contribution in [3.8, 4) is 5.75 Å². The summed E-state index contributed by atoms with van der Waals surface area (Å²) in [7, 11) is 1.94. The van der Waals surface area contributed by atoms with Crippen LogP contribution in [-0.4, -0.2) is 32.0 Å². The summed E-state index contributed by atoms with van der Waals surface area (Å²) >= 11 is 0. The van der Waals surface area contributed by atoms with Crippen molar-refractivity contribution in [3.63, 3.8) is 0 Å². The molecule has 2 aromatic rings. The van der Waals surface area contributed by atoms with Crippen LogP contribution in [0.4, 0.5) is 5.69 Å². The molecule has 0 bridgehead atoms. The van der Waals surface area contributed by atoms with E-state index in [4.69, 9.17) is 9.47 Å². The maximum Gasteiger partial charge on any atom is 0.344 e. The van der Waals surface area contributed by atoms with Crippen molar-refractivity contribution in [2.45, 2.75) is 26.2 Å². The summed E-state index contributed by atoms with van der Waals surface area (Å²) in [5.74, 6) is -0.236. The molecule has 2 aromatic carbocycles. The van der Waals surface area contributed by atoms with Gasteiger partial charge in [-0.1, -0.05) is 44.2 Å². The van der Waals surface area contributed by atoms with Crippen LogP contribution in [0.25, 0.3) is 0 Å². The summed E-state index contributed by atoms with van der Waals surface area (Å²) in [4.78, 5) is 26.3. The van der Waals surface area contributed by atoms with E-state index in [1.165, 1.54) is 5.56 Å². The average Bonchev–Trinajstić information content (AvgIpc) is 2.86. The van der Waals surface area contributed by atoms with E-state index in [-0.39, 0.29) is 24.4 Å². The molecule has 0 radical (unpaired) electrons. The number of para-hydroxylation sites is 1. The van der Waals surface area contributed by atoms with Crippen LogP contribution in [0.5, 0.6) is 5.75 Å². The molecule has 0 saturated heterocycles. The highest BCUT2D eigenvalue weighted by Gasteiger charge is 2.38. The number of benzene rings is 2. The Bertz CT molecular complexity index is 930. The zero-order valence-corrected chi connectivity index (χ0v) is 16.7. The van der Waals surface area contributed by atoms with Gasteiger partial charge in [0.1, 0.15) is 5.75 Å².